The molecule has 1 N–H and O–H groups in total. The highest BCUT2D eigenvalue weighted by atomic mass is 14.8. The molecule has 2 nitrogen and oxygen atoms in total. The Bertz CT molecular complexity index is 480. The molecule has 2 heteroatoms. The fourth-order valence-electron chi connectivity index (χ4n) is 1.90. The van der Waals surface area contributed by atoms with Gasteiger partial charge in [-0.25, -0.2) is 0 Å². The lowest BCUT2D eigenvalue weighted by Crippen LogP contribution is -1.98. The second-order valence-corrected chi connectivity index (χ2v) is 5.30. The molecule has 0 aliphatic heterocycles. The van der Waals surface area contributed by atoms with Gasteiger partial charge in [-0.05, 0) is 38.3 Å². The summed E-state index contributed by atoms with van der Waals surface area (Å²) >= 11 is 0. The second-order valence-electron chi connectivity index (χ2n) is 5.30. The molecule has 0 aliphatic rings. The zero-order valence-electron chi connectivity index (χ0n) is 13.0. The third kappa shape index (κ3) is 4.55. The molecule has 0 radical (unpaired) electrons. The van der Waals surface area contributed by atoms with Crippen LogP contribution in [0, 0.1) is 12.8 Å². The van der Waals surface area contributed by atoms with Crippen molar-refractivity contribution in [3.63, 3.8) is 0 Å². The van der Waals surface area contributed by atoms with Crippen LogP contribution in [0.4, 0.5) is 5.69 Å². The molecule has 0 heterocycles. The van der Waals surface area contributed by atoms with E-state index < -0.39 is 0 Å². The molecule has 1 aromatic rings. The molecular weight excluding hydrogens is 232 g/mol. The monoisotopic (exact) mass is 258 g/mol. The van der Waals surface area contributed by atoms with Crippen molar-refractivity contribution in [3.05, 3.63) is 35.4 Å². The number of hydrogen-bond donors (Lipinski definition) is 1. The highest BCUT2D eigenvalue weighted by Gasteiger charge is 2.08. The van der Waals surface area contributed by atoms with Crippen LogP contribution < -0.4 is 5.32 Å². The van der Waals surface area contributed by atoms with Gasteiger partial charge in [0.05, 0.1) is 5.70 Å². The number of allylic oxidation sites excluding steroid dienone is 1. The van der Waals surface area contributed by atoms with E-state index in [1.807, 2.05) is 20.9 Å². The van der Waals surface area contributed by atoms with E-state index in [1.165, 1.54) is 11.1 Å². The summed E-state index contributed by atoms with van der Waals surface area (Å²) in [6.45, 7) is 10.6. The third-order valence-corrected chi connectivity index (χ3v) is 3.15. The molecule has 1 atom stereocenters. The van der Waals surface area contributed by atoms with Crippen molar-refractivity contribution in [3.8, 4) is 0 Å². The predicted molar refractivity (Wildman–Crippen MR) is 86.9 cm³/mol. The lowest BCUT2D eigenvalue weighted by atomic mass is 10.0. The number of rotatable bonds is 5. The van der Waals surface area contributed by atoms with Crippen LogP contribution >= 0.6 is 0 Å². The van der Waals surface area contributed by atoms with E-state index >= 15 is 0 Å². The Balaban J connectivity index is 3.33. The largest absolute Gasteiger partial charge is 0.388 e. The molecule has 0 aromatic heterocycles. The van der Waals surface area contributed by atoms with E-state index in [9.17, 15) is 0 Å². The summed E-state index contributed by atoms with van der Waals surface area (Å²) in [5.74, 6) is 0.532. The minimum absolute atomic E-state index is 0.532. The minimum Gasteiger partial charge on any atom is -0.388 e. The maximum Gasteiger partial charge on any atom is 0.0684 e. The maximum atomic E-state index is 4.71. The SMILES string of the molecule is CCC(C)/C=C(\N=C(C)C)c1ccc(C)cc1NC. The highest BCUT2D eigenvalue weighted by Crippen LogP contribution is 2.27. The Morgan fingerprint density at radius 3 is 2.58 bits per heavy atom. The topological polar surface area (TPSA) is 24.4 Å². The van der Waals surface area contributed by atoms with Gasteiger partial charge in [-0.1, -0.05) is 38.5 Å². The van der Waals surface area contributed by atoms with Gasteiger partial charge in [-0.2, -0.15) is 0 Å². The van der Waals surface area contributed by atoms with Crippen molar-refractivity contribution < 1.29 is 0 Å². The Labute approximate surface area is 117 Å². The lowest BCUT2D eigenvalue weighted by molar-refractivity contribution is 0.699. The van der Waals surface area contributed by atoms with Crippen LogP contribution in [0.1, 0.15) is 45.2 Å². The van der Waals surface area contributed by atoms with E-state index in [1.54, 1.807) is 0 Å². The zero-order valence-corrected chi connectivity index (χ0v) is 13.0. The number of nitrogens with zero attached hydrogens (tertiary/aromatic N) is 1. The summed E-state index contributed by atoms with van der Waals surface area (Å²) in [5, 5.41) is 3.27. The molecule has 19 heavy (non-hydrogen) atoms. The predicted octanol–water partition coefficient (Wildman–Crippen LogP) is 4.90. The number of nitrogens with one attached hydrogen (secondary N) is 1. The van der Waals surface area contributed by atoms with Crippen LogP contribution in [0.2, 0.25) is 0 Å². The quantitative estimate of drug-likeness (QED) is 0.746. The molecule has 1 unspecified atom stereocenters. The molecule has 0 bridgehead atoms. The molecular formula is C17H26N2. The highest BCUT2D eigenvalue weighted by molar-refractivity contribution is 5.88. The molecule has 0 spiro atoms. The Kier molecular flexibility index (Phi) is 5.81. The number of anilines is 1. The average molecular weight is 258 g/mol. The Morgan fingerprint density at radius 1 is 1.37 bits per heavy atom. The van der Waals surface area contributed by atoms with Gasteiger partial charge in [0.15, 0.2) is 0 Å². The zero-order chi connectivity index (χ0) is 14.4. The Morgan fingerprint density at radius 2 is 2.05 bits per heavy atom. The lowest BCUT2D eigenvalue weighted by Gasteiger charge is -2.13. The van der Waals surface area contributed by atoms with Crippen molar-refractivity contribution >= 4 is 17.1 Å². The van der Waals surface area contributed by atoms with Crippen molar-refractivity contribution in [2.24, 2.45) is 10.9 Å². The minimum atomic E-state index is 0.532. The number of aryl methyl sites for hydroxylation is 1. The van der Waals surface area contributed by atoms with Crippen LogP contribution in [0.15, 0.2) is 29.3 Å². The number of benzene rings is 1. The first-order valence-corrected chi connectivity index (χ1v) is 7.00. The molecule has 0 aliphatic carbocycles. The standard InChI is InChI=1S/C17H26N2/c1-7-13(4)10-17(19-12(2)3)15-9-8-14(5)11-16(15)18-6/h8-11,13,18H,7H2,1-6H3/b17-10-. The van der Waals surface area contributed by atoms with Gasteiger partial charge < -0.3 is 5.32 Å². The summed E-state index contributed by atoms with van der Waals surface area (Å²) in [6.07, 6.45) is 3.39. The molecule has 0 saturated carbocycles. The van der Waals surface area contributed by atoms with E-state index in [-0.39, 0.29) is 0 Å². The van der Waals surface area contributed by atoms with Gasteiger partial charge in [-0.15, -0.1) is 0 Å². The first kappa shape index (κ1) is 15.5. The van der Waals surface area contributed by atoms with Gasteiger partial charge in [0.2, 0.25) is 0 Å². The molecule has 104 valence electrons. The van der Waals surface area contributed by atoms with Crippen LogP contribution in [0.3, 0.4) is 0 Å². The second kappa shape index (κ2) is 7.13. The van der Waals surface area contributed by atoms with Gasteiger partial charge in [0.25, 0.3) is 0 Å². The fourth-order valence-corrected chi connectivity index (χ4v) is 1.90. The smallest absolute Gasteiger partial charge is 0.0684 e. The van der Waals surface area contributed by atoms with Crippen LogP contribution in [0.25, 0.3) is 5.70 Å². The van der Waals surface area contributed by atoms with E-state index in [0.29, 0.717) is 5.92 Å². The summed E-state index contributed by atoms with van der Waals surface area (Å²) in [4.78, 5) is 4.71. The average Bonchev–Trinajstić information content (AvgIpc) is 2.37. The summed E-state index contributed by atoms with van der Waals surface area (Å²) in [7, 11) is 1.96. The molecule has 0 amide bonds. The summed E-state index contributed by atoms with van der Waals surface area (Å²) < 4.78 is 0. The van der Waals surface area contributed by atoms with Crippen molar-refractivity contribution in [2.45, 2.75) is 41.0 Å². The molecule has 0 saturated heterocycles. The van der Waals surface area contributed by atoms with Crippen molar-refractivity contribution in [1.29, 1.82) is 0 Å². The first-order valence-electron chi connectivity index (χ1n) is 7.00. The van der Waals surface area contributed by atoms with Gasteiger partial charge >= 0.3 is 0 Å². The molecule has 1 aromatic carbocycles. The van der Waals surface area contributed by atoms with Crippen LogP contribution in [-0.2, 0) is 0 Å². The number of aliphatic imine (C=N–C) groups is 1. The van der Waals surface area contributed by atoms with Crippen LogP contribution in [0.5, 0.6) is 0 Å². The first-order chi connectivity index (χ1) is 8.97. The normalized spacial score (nSPS) is 13.1. The molecule has 0 fully saturated rings. The summed E-state index contributed by atoms with van der Waals surface area (Å²) in [5.41, 5.74) is 5.72. The van der Waals surface area contributed by atoms with Gasteiger partial charge in [0.1, 0.15) is 0 Å². The van der Waals surface area contributed by atoms with Crippen LogP contribution in [-0.4, -0.2) is 12.8 Å². The fraction of sp³-hybridized carbons (Fsp3) is 0.471. The van der Waals surface area contributed by atoms with Gasteiger partial charge in [-0.3, -0.25) is 4.99 Å². The van der Waals surface area contributed by atoms with E-state index in [2.05, 4.69) is 50.4 Å². The van der Waals surface area contributed by atoms with Crippen molar-refractivity contribution in [1.82, 2.24) is 0 Å². The number of hydrogen-bond acceptors (Lipinski definition) is 2. The summed E-state index contributed by atoms with van der Waals surface area (Å²) in [6, 6.07) is 6.46. The van der Waals surface area contributed by atoms with E-state index in [4.69, 9.17) is 4.99 Å². The maximum absolute atomic E-state index is 4.71. The Hall–Kier alpha value is -1.57. The van der Waals surface area contributed by atoms with Crippen molar-refractivity contribution in [2.75, 3.05) is 12.4 Å². The third-order valence-electron chi connectivity index (χ3n) is 3.15. The molecule has 1 rings (SSSR count). The van der Waals surface area contributed by atoms with Gasteiger partial charge in [0, 0.05) is 24.0 Å². The van der Waals surface area contributed by atoms with E-state index in [0.717, 1.165) is 23.5 Å².